The third-order valence-electron chi connectivity index (χ3n) is 1.93. The van der Waals surface area contributed by atoms with Gasteiger partial charge in [0.05, 0.1) is 0 Å². The lowest BCUT2D eigenvalue weighted by Gasteiger charge is -2.26. The molecule has 0 aliphatic rings. The molecule has 0 aromatic carbocycles. The van der Waals surface area contributed by atoms with E-state index in [4.69, 9.17) is 48.1 Å². The molecule has 0 saturated heterocycles. The zero-order chi connectivity index (χ0) is 13.0. The largest absolute Gasteiger partial charge is 0.497 e. The Morgan fingerprint density at radius 1 is 0.706 bits per heavy atom. The summed E-state index contributed by atoms with van der Waals surface area (Å²) in [5.41, 5.74) is 0. The number of hydrogen-bond donors (Lipinski definition) is 0. The first-order valence-electron chi connectivity index (χ1n) is 5.78. The fourth-order valence-corrected chi connectivity index (χ4v) is 3.18. The van der Waals surface area contributed by atoms with Crippen molar-refractivity contribution in [3.05, 3.63) is 0 Å². The number of alkyl halides is 3. The highest BCUT2D eigenvalue weighted by Gasteiger charge is 2.34. The average Bonchev–Trinajstić information content (AvgIpc) is 2.30. The molecule has 0 aliphatic heterocycles. The maximum atomic E-state index is 5.69. The van der Waals surface area contributed by atoms with E-state index in [1.165, 1.54) is 0 Å². The molecule has 0 aliphatic carbocycles. The van der Waals surface area contributed by atoms with Gasteiger partial charge in [-0.15, -0.1) is 34.8 Å². The normalized spacial score (nSPS) is 12.0. The Balaban J connectivity index is 3.95. The van der Waals surface area contributed by atoms with Crippen molar-refractivity contribution in [3.8, 4) is 0 Å². The SMILES string of the molecule is C[Si](OCCCCl)(OCCCCl)OCCCCl. The van der Waals surface area contributed by atoms with Crippen molar-refractivity contribution >= 4 is 43.6 Å². The van der Waals surface area contributed by atoms with Gasteiger partial charge >= 0.3 is 8.80 Å². The second-order valence-electron chi connectivity index (χ2n) is 3.54. The van der Waals surface area contributed by atoms with Crippen LogP contribution in [0.4, 0.5) is 0 Å². The van der Waals surface area contributed by atoms with E-state index in [0.29, 0.717) is 37.5 Å². The van der Waals surface area contributed by atoms with Crippen LogP contribution in [0.3, 0.4) is 0 Å². The van der Waals surface area contributed by atoms with Gasteiger partial charge in [0, 0.05) is 44.0 Å². The number of hydrogen-bond acceptors (Lipinski definition) is 3. The molecular formula is C10H21Cl3O3Si. The average molecular weight is 324 g/mol. The molecule has 7 heteroatoms. The summed E-state index contributed by atoms with van der Waals surface area (Å²) in [7, 11) is -2.54. The summed E-state index contributed by atoms with van der Waals surface area (Å²) in [5, 5.41) is 0. The predicted octanol–water partition coefficient (Wildman–Crippen LogP) is 3.49. The second kappa shape index (κ2) is 12.0. The Morgan fingerprint density at radius 2 is 1.00 bits per heavy atom. The van der Waals surface area contributed by atoms with Crippen LogP contribution in [0.1, 0.15) is 19.3 Å². The minimum absolute atomic E-state index is 0.563. The van der Waals surface area contributed by atoms with Crippen molar-refractivity contribution in [2.45, 2.75) is 25.8 Å². The van der Waals surface area contributed by atoms with Gasteiger partial charge in [0.1, 0.15) is 0 Å². The molecule has 0 fully saturated rings. The lowest BCUT2D eigenvalue weighted by atomic mass is 10.5. The second-order valence-corrected chi connectivity index (χ2v) is 7.26. The molecule has 0 aromatic rings. The summed E-state index contributed by atoms with van der Waals surface area (Å²) in [6.07, 6.45) is 2.38. The zero-order valence-electron chi connectivity index (χ0n) is 10.2. The molecule has 0 amide bonds. The molecule has 0 atom stereocenters. The van der Waals surface area contributed by atoms with Gasteiger partial charge in [0.15, 0.2) is 0 Å². The van der Waals surface area contributed by atoms with E-state index in [1.54, 1.807) is 0 Å². The summed E-state index contributed by atoms with van der Waals surface area (Å²) >= 11 is 16.8. The van der Waals surface area contributed by atoms with E-state index in [0.717, 1.165) is 19.3 Å². The monoisotopic (exact) mass is 322 g/mol. The molecule has 0 aromatic heterocycles. The van der Waals surface area contributed by atoms with Crippen LogP contribution in [0.5, 0.6) is 0 Å². The highest BCUT2D eigenvalue weighted by molar-refractivity contribution is 6.59. The Morgan fingerprint density at radius 3 is 1.24 bits per heavy atom. The van der Waals surface area contributed by atoms with E-state index in [-0.39, 0.29) is 0 Å². The van der Waals surface area contributed by atoms with Gasteiger partial charge < -0.3 is 13.3 Å². The van der Waals surface area contributed by atoms with Crippen LogP contribution in [0.2, 0.25) is 6.55 Å². The van der Waals surface area contributed by atoms with Gasteiger partial charge in [-0.1, -0.05) is 0 Å². The molecule has 0 heterocycles. The topological polar surface area (TPSA) is 27.7 Å². The van der Waals surface area contributed by atoms with Gasteiger partial charge in [-0.25, -0.2) is 0 Å². The Kier molecular flexibility index (Phi) is 12.7. The molecule has 0 unspecified atom stereocenters. The lowest BCUT2D eigenvalue weighted by Crippen LogP contribution is -2.43. The maximum absolute atomic E-state index is 5.69. The predicted molar refractivity (Wildman–Crippen MR) is 75.5 cm³/mol. The van der Waals surface area contributed by atoms with Crippen LogP contribution >= 0.6 is 34.8 Å². The van der Waals surface area contributed by atoms with Gasteiger partial charge in [-0.2, -0.15) is 0 Å². The fraction of sp³-hybridized carbons (Fsp3) is 1.00. The van der Waals surface area contributed by atoms with Crippen LogP contribution < -0.4 is 0 Å². The molecule has 104 valence electrons. The highest BCUT2D eigenvalue weighted by Crippen LogP contribution is 2.11. The quantitative estimate of drug-likeness (QED) is 0.312. The fourth-order valence-electron chi connectivity index (χ4n) is 1.06. The molecule has 0 saturated carbocycles. The number of halogens is 3. The molecule has 0 spiro atoms. The third-order valence-corrected chi connectivity index (χ3v) is 4.91. The van der Waals surface area contributed by atoms with Crippen molar-refractivity contribution in [2.75, 3.05) is 37.5 Å². The summed E-state index contributed by atoms with van der Waals surface area (Å²) in [4.78, 5) is 0. The van der Waals surface area contributed by atoms with E-state index in [2.05, 4.69) is 0 Å². The van der Waals surface area contributed by atoms with Crippen molar-refractivity contribution in [3.63, 3.8) is 0 Å². The van der Waals surface area contributed by atoms with Crippen LogP contribution in [0, 0.1) is 0 Å². The minimum atomic E-state index is -2.54. The first-order valence-corrected chi connectivity index (χ1v) is 9.61. The molecule has 3 nitrogen and oxygen atoms in total. The third kappa shape index (κ3) is 10.6. The standard InChI is InChI=1S/C10H21Cl3O3Si/c1-17(14-8-2-5-11,15-9-3-6-12)16-10-4-7-13/h2-10H2,1H3. The first-order chi connectivity index (χ1) is 8.18. The van der Waals surface area contributed by atoms with E-state index >= 15 is 0 Å². The first kappa shape index (κ1) is 18.0. The maximum Gasteiger partial charge on any atom is 0.497 e. The van der Waals surface area contributed by atoms with Crippen molar-refractivity contribution in [2.24, 2.45) is 0 Å². The minimum Gasteiger partial charge on any atom is -0.374 e. The zero-order valence-corrected chi connectivity index (χ0v) is 13.5. The molecule has 0 radical (unpaired) electrons. The highest BCUT2D eigenvalue weighted by atomic mass is 35.5. The Labute approximate surface area is 120 Å². The summed E-state index contributed by atoms with van der Waals surface area (Å²) < 4.78 is 17.1. The Hall–Kier alpha value is 0.967. The van der Waals surface area contributed by atoms with E-state index < -0.39 is 8.80 Å². The molecule has 0 rings (SSSR count). The van der Waals surface area contributed by atoms with Crippen LogP contribution in [0.25, 0.3) is 0 Å². The van der Waals surface area contributed by atoms with Gasteiger partial charge in [-0.05, 0) is 19.3 Å². The van der Waals surface area contributed by atoms with Crippen LogP contribution in [0.15, 0.2) is 0 Å². The van der Waals surface area contributed by atoms with E-state index in [9.17, 15) is 0 Å². The smallest absolute Gasteiger partial charge is 0.374 e. The van der Waals surface area contributed by atoms with E-state index in [1.807, 2.05) is 6.55 Å². The van der Waals surface area contributed by atoms with Crippen LogP contribution in [-0.4, -0.2) is 46.3 Å². The summed E-state index contributed by atoms with van der Waals surface area (Å²) in [6.45, 7) is 3.58. The van der Waals surface area contributed by atoms with Crippen LogP contribution in [-0.2, 0) is 13.3 Å². The molecule has 17 heavy (non-hydrogen) atoms. The summed E-state index contributed by atoms with van der Waals surface area (Å²) in [6, 6.07) is 0. The van der Waals surface area contributed by atoms with Gasteiger partial charge in [0.2, 0.25) is 0 Å². The Bertz CT molecular complexity index is 148. The van der Waals surface area contributed by atoms with Crippen molar-refractivity contribution < 1.29 is 13.3 Å². The van der Waals surface area contributed by atoms with Gasteiger partial charge in [-0.3, -0.25) is 0 Å². The summed E-state index contributed by atoms with van der Waals surface area (Å²) in [5.74, 6) is 1.73. The number of rotatable bonds is 12. The molecule has 0 bridgehead atoms. The lowest BCUT2D eigenvalue weighted by molar-refractivity contribution is 0.0663. The van der Waals surface area contributed by atoms with Crippen molar-refractivity contribution in [1.29, 1.82) is 0 Å². The van der Waals surface area contributed by atoms with Crippen molar-refractivity contribution in [1.82, 2.24) is 0 Å². The molecule has 0 N–H and O–H groups in total. The van der Waals surface area contributed by atoms with Gasteiger partial charge in [0.25, 0.3) is 0 Å². The molecular weight excluding hydrogens is 303 g/mol.